The largest absolute Gasteiger partial charge is 0.496 e. The molecule has 2 heteroatoms. The molecule has 21 heavy (non-hydrogen) atoms. The Balaban J connectivity index is 2.22. The van der Waals surface area contributed by atoms with E-state index in [0.29, 0.717) is 11.5 Å². The lowest BCUT2D eigenvalue weighted by molar-refractivity contribution is 0.104. The Hall–Kier alpha value is -2.35. The highest BCUT2D eigenvalue weighted by molar-refractivity contribution is 6.06. The number of ether oxygens (including phenoxy) is 1. The van der Waals surface area contributed by atoms with E-state index in [2.05, 4.69) is 19.9 Å². The lowest BCUT2D eigenvalue weighted by Crippen LogP contribution is -1.95. The van der Waals surface area contributed by atoms with Gasteiger partial charge in [-0.3, -0.25) is 4.79 Å². The lowest BCUT2D eigenvalue weighted by atomic mass is 9.99. The van der Waals surface area contributed by atoms with Crippen molar-refractivity contribution < 1.29 is 9.53 Å². The fourth-order valence-corrected chi connectivity index (χ4v) is 2.18. The van der Waals surface area contributed by atoms with Crippen molar-refractivity contribution >= 4 is 11.9 Å². The maximum absolute atomic E-state index is 12.0. The van der Waals surface area contributed by atoms with Crippen LogP contribution in [0.2, 0.25) is 0 Å². The smallest absolute Gasteiger partial charge is 0.185 e. The molecule has 0 amide bonds. The lowest BCUT2D eigenvalue weighted by Gasteiger charge is -2.12. The van der Waals surface area contributed by atoms with Crippen LogP contribution in [0, 0.1) is 0 Å². The highest BCUT2D eigenvalue weighted by atomic mass is 16.5. The molecule has 0 aliphatic heterocycles. The van der Waals surface area contributed by atoms with Crippen molar-refractivity contribution in [2.24, 2.45) is 0 Å². The Labute approximate surface area is 126 Å². The van der Waals surface area contributed by atoms with Gasteiger partial charge in [0.1, 0.15) is 5.75 Å². The summed E-state index contributed by atoms with van der Waals surface area (Å²) in [6.45, 7) is 4.25. The van der Waals surface area contributed by atoms with Crippen molar-refractivity contribution in [1.29, 1.82) is 0 Å². The molecule has 0 saturated heterocycles. The van der Waals surface area contributed by atoms with E-state index in [-0.39, 0.29) is 5.78 Å². The Morgan fingerprint density at radius 2 is 1.81 bits per heavy atom. The summed E-state index contributed by atoms with van der Waals surface area (Å²) in [4.78, 5) is 12.0. The molecule has 0 aliphatic carbocycles. The summed E-state index contributed by atoms with van der Waals surface area (Å²) in [6, 6.07) is 15.2. The van der Waals surface area contributed by atoms with E-state index < -0.39 is 0 Å². The van der Waals surface area contributed by atoms with Gasteiger partial charge in [-0.1, -0.05) is 56.3 Å². The molecule has 108 valence electrons. The minimum atomic E-state index is 0.0116. The van der Waals surface area contributed by atoms with Crippen LogP contribution < -0.4 is 4.74 Å². The minimum Gasteiger partial charge on any atom is -0.496 e. The Morgan fingerprint density at radius 3 is 2.43 bits per heavy atom. The van der Waals surface area contributed by atoms with Crippen molar-refractivity contribution in [2.75, 3.05) is 7.11 Å². The maximum atomic E-state index is 12.0. The highest BCUT2D eigenvalue weighted by Crippen LogP contribution is 2.27. The SMILES string of the molecule is COc1ccc(/C=C/C(=O)c2ccccc2)cc1C(C)C. The summed E-state index contributed by atoms with van der Waals surface area (Å²) >= 11 is 0. The molecule has 0 saturated carbocycles. The molecular weight excluding hydrogens is 260 g/mol. The van der Waals surface area contributed by atoms with Crippen LogP contribution in [0.25, 0.3) is 6.08 Å². The molecule has 0 aromatic heterocycles. The van der Waals surface area contributed by atoms with Gasteiger partial charge in [-0.15, -0.1) is 0 Å². The monoisotopic (exact) mass is 280 g/mol. The molecule has 2 nitrogen and oxygen atoms in total. The molecule has 2 rings (SSSR count). The van der Waals surface area contributed by atoms with E-state index in [1.54, 1.807) is 13.2 Å². The Bertz CT molecular complexity index is 640. The summed E-state index contributed by atoms with van der Waals surface area (Å²) in [7, 11) is 1.68. The molecule has 0 unspecified atom stereocenters. The summed E-state index contributed by atoms with van der Waals surface area (Å²) in [5, 5.41) is 0. The molecule has 0 aliphatic rings. The fourth-order valence-electron chi connectivity index (χ4n) is 2.18. The first-order valence-electron chi connectivity index (χ1n) is 7.07. The third-order valence-electron chi connectivity index (χ3n) is 3.36. The fraction of sp³-hybridized carbons (Fsp3) is 0.211. The van der Waals surface area contributed by atoms with Crippen molar-refractivity contribution in [3.8, 4) is 5.75 Å². The first-order valence-corrected chi connectivity index (χ1v) is 7.07. The summed E-state index contributed by atoms with van der Waals surface area (Å²) < 4.78 is 5.37. The van der Waals surface area contributed by atoms with E-state index in [1.807, 2.05) is 48.5 Å². The van der Waals surface area contributed by atoms with Gasteiger partial charge >= 0.3 is 0 Å². The van der Waals surface area contributed by atoms with Gasteiger partial charge in [0.15, 0.2) is 5.78 Å². The molecule has 2 aromatic rings. The second kappa shape index (κ2) is 6.89. The third kappa shape index (κ3) is 3.82. The molecule has 0 radical (unpaired) electrons. The standard InChI is InChI=1S/C19H20O2/c1-14(2)17-13-15(10-12-19(17)21-3)9-11-18(20)16-7-5-4-6-8-16/h4-14H,1-3H3/b11-9+. The second-order valence-electron chi connectivity index (χ2n) is 5.22. The predicted octanol–water partition coefficient (Wildman–Crippen LogP) is 4.71. The highest BCUT2D eigenvalue weighted by Gasteiger charge is 2.07. The molecule has 0 heterocycles. The number of rotatable bonds is 5. The van der Waals surface area contributed by atoms with E-state index in [9.17, 15) is 4.79 Å². The number of hydrogen-bond acceptors (Lipinski definition) is 2. The van der Waals surface area contributed by atoms with Crippen molar-refractivity contribution in [3.63, 3.8) is 0 Å². The van der Waals surface area contributed by atoms with Crippen LogP contribution in [0.5, 0.6) is 5.75 Å². The van der Waals surface area contributed by atoms with Gasteiger partial charge in [0.25, 0.3) is 0 Å². The minimum absolute atomic E-state index is 0.0116. The van der Waals surface area contributed by atoms with E-state index in [0.717, 1.165) is 16.9 Å². The zero-order valence-corrected chi connectivity index (χ0v) is 12.7. The summed E-state index contributed by atoms with van der Waals surface area (Å²) in [5.74, 6) is 1.27. The third-order valence-corrected chi connectivity index (χ3v) is 3.36. The molecular formula is C19H20O2. The molecule has 2 aromatic carbocycles. The molecule has 0 bridgehead atoms. The van der Waals surface area contributed by atoms with Gasteiger partial charge in [-0.2, -0.15) is 0 Å². The average molecular weight is 280 g/mol. The van der Waals surface area contributed by atoms with Crippen LogP contribution in [-0.4, -0.2) is 12.9 Å². The Kier molecular flexibility index (Phi) is 4.94. The van der Waals surface area contributed by atoms with E-state index >= 15 is 0 Å². The number of hydrogen-bond donors (Lipinski definition) is 0. The van der Waals surface area contributed by atoms with Crippen molar-refractivity contribution in [3.05, 3.63) is 71.3 Å². The molecule has 0 N–H and O–H groups in total. The van der Waals surface area contributed by atoms with Crippen molar-refractivity contribution in [1.82, 2.24) is 0 Å². The topological polar surface area (TPSA) is 26.3 Å². The molecule has 0 fully saturated rings. The van der Waals surface area contributed by atoms with Crippen molar-refractivity contribution in [2.45, 2.75) is 19.8 Å². The van der Waals surface area contributed by atoms with Gasteiger partial charge in [-0.05, 0) is 35.3 Å². The van der Waals surface area contributed by atoms with Gasteiger partial charge in [0, 0.05) is 5.56 Å². The normalized spacial score (nSPS) is 11.0. The van der Waals surface area contributed by atoms with Gasteiger partial charge < -0.3 is 4.74 Å². The van der Waals surface area contributed by atoms with Crippen LogP contribution in [0.1, 0.15) is 41.3 Å². The van der Waals surface area contributed by atoms with Gasteiger partial charge in [-0.25, -0.2) is 0 Å². The zero-order valence-electron chi connectivity index (χ0n) is 12.7. The van der Waals surface area contributed by atoms with Gasteiger partial charge in [0.05, 0.1) is 7.11 Å². The Morgan fingerprint density at radius 1 is 1.10 bits per heavy atom. The number of carbonyl (C=O) groups is 1. The van der Waals surface area contributed by atoms with Gasteiger partial charge in [0.2, 0.25) is 0 Å². The van der Waals surface area contributed by atoms with Crippen LogP contribution in [-0.2, 0) is 0 Å². The zero-order chi connectivity index (χ0) is 15.2. The summed E-state index contributed by atoms with van der Waals surface area (Å²) in [5.41, 5.74) is 2.85. The van der Waals surface area contributed by atoms with Crippen LogP contribution >= 0.6 is 0 Å². The molecule has 0 atom stereocenters. The van der Waals surface area contributed by atoms with E-state index in [1.165, 1.54) is 0 Å². The first kappa shape index (κ1) is 15.0. The number of ketones is 1. The number of methoxy groups -OCH3 is 1. The number of carbonyl (C=O) groups excluding carboxylic acids is 1. The maximum Gasteiger partial charge on any atom is 0.185 e. The van der Waals surface area contributed by atoms with Crippen LogP contribution in [0.15, 0.2) is 54.6 Å². The quantitative estimate of drug-likeness (QED) is 0.585. The average Bonchev–Trinajstić information content (AvgIpc) is 2.53. The number of benzene rings is 2. The number of allylic oxidation sites excluding steroid dienone is 1. The predicted molar refractivity (Wildman–Crippen MR) is 86.9 cm³/mol. The van der Waals surface area contributed by atoms with E-state index in [4.69, 9.17) is 4.74 Å². The van der Waals surface area contributed by atoms with Crippen LogP contribution in [0.3, 0.4) is 0 Å². The first-order chi connectivity index (χ1) is 10.1. The second-order valence-corrected chi connectivity index (χ2v) is 5.22. The molecule has 0 spiro atoms. The van der Waals surface area contributed by atoms with Crippen LogP contribution in [0.4, 0.5) is 0 Å². The summed E-state index contributed by atoms with van der Waals surface area (Å²) in [6.07, 6.45) is 3.46.